The van der Waals surface area contributed by atoms with Crippen LogP contribution in [0.3, 0.4) is 0 Å². The Bertz CT molecular complexity index is 246. The van der Waals surface area contributed by atoms with Crippen LogP contribution in [0.1, 0.15) is 12.0 Å². The van der Waals surface area contributed by atoms with Gasteiger partial charge in [-0.2, -0.15) is 0 Å². The summed E-state index contributed by atoms with van der Waals surface area (Å²) in [5.74, 6) is 0.801. The summed E-state index contributed by atoms with van der Waals surface area (Å²) in [7, 11) is 3.38. The van der Waals surface area contributed by atoms with E-state index in [0.717, 1.165) is 25.2 Å². The van der Waals surface area contributed by atoms with Crippen LogP contribution in [0.15, 0.2) is 18.2 Å². The lowest BCUT2D eigenvalue weighted by molar-refractivity contribution is 0.195. The largest absolute Gasteiger partial charge is 0.496 e. The maximum absolute atomic E-state index is 5.07. The fourth-order valence-corrected chi connectivity index (χ4v) is 1.18. The van der Waals surface area contributed by atoms with Crippen molar-refractivity contribution in [2.75, 3.05) is 20.8 Å². The molecule has 0 bridgehead atoms. The molecule has 0 amide bonds. The zero-order valence-corrected chi connectivity index (χ0v) is 8.17. The first-order chi connectivity index (χ1) is 6.36. The van der Waals surface area contributed by atoms with Crippen LogP contribution in [0.2, 0.25) is 0 Å². The molecule has 0 aliphatic rings. The van der Waals surface area contributed by atoms with Gasteiger partial charge in [-0.15, -0.1) is 0 Å². The number of aryl methyl sites for hydroxylation is 1. The molecule has 0 aliphatic heterocycles. The number of hydrogen-bond acceptors (Lipinski definition) is 2. The topological polar surface area (TPSA) is 18.5 Å². The maximum Gasteiger partial charge on any atom is 0.127 e. The Morgan fingerprint density at radius 1 is 1.38 bits per heavy atom. The second-order valence-electron chi connectivity index (χ2n) is 2.86. The van der Waals surface area contributed by atoms with Gasteiger partial charge in [-0.3, -0.25) is 0 Å². The van der Waals surface area contributed by atoms with Crippen LogP contribution in [0, 0.1) is 6.07 Å². The minimum atomic E-state index is 0.801. The summed E-state index contributed by atoms with van der Waals surface area (Å²) in [5.41, 5.74) is 1.27. The summed E-state index contributed by atoms with van der Waals surface area (Å²) in [4.78, 5) is 0. The van der Waals surface area contributed by atoms with Gasteiger partial charge in [-0.1, -0.05) is 12.1 Å². The molecule has 2 nitrogen and oxygen atoms in total. The quantitative estimate of drug-likeness (QED) is 0.644. The molecule has 1 aromatic carbocycles. The van der Waals surface area contributed by atoms with Crippen LogP contribution in [0.5, 0.6) is 5.75 Å². The van der Waals surface area contributed by atoms with Crippen LogP contribution in [-0.2, 0) is 11.2 Å². The zero-order valence-electron chi connectivity index (χ0n) is 8.17. The van der Waals surface area contributed by atoms with Crippen molar-refractivity contribution < 1.29 is 9.47 Å². The number of benzene rings is 1. The molecule has 0 spiro atoms. The van der Waals surface area contributed by atoms with Gasteiger partial charge < -0.3 is 9.47 Å². The number of hydrogen-bond donors (Lipinski definition) is 0. The van der Waals surface area contributed by atoms with E-state index in [1.807, 2.05) is 12.1 Å². The van der Waals surface area contributed by atoms with E-state index in [2.05, 4.69) is 12.1 Å². The first kappa shape index (κ1) is 10.1. The monoisotopic (exact) mass is 179 g/mol. The van der Waals surface area contributed by atoms with Gasteiger partial charge in [0.15, 0.2) is 0 Å². The second kappa shape index (κ2) is 5.60. The Labute approximate surface area is 79.5 Å². The first-order valence-electron chi connectivity index (χ1n) is 4.40. The van der Waals surface area contributed by atoms with Gasteiger partial charge in [-0.05, 0) is 24.5 Å². The molecule has 0 saturated heterocycles. The zero-order chi connectivity index (χ0) is 9.52. The summed E-state index contributed by atoms with van der Waals surface area (Å²) in [6, 6.07) is 8.95. The highest BCUT2D eigenvalue weighted by molar-refractivity contribution is 5.27. The normalized spacial score (nSPS) is 10.0. The smallest absolute Gasteiger partial charge is 0.127 e. The summed E-state index contributed by atoms with van der Waals surface area (Å²) >= 11 is 0. The minimum Gasteiger partial charge on any atom is -0.496 e. The van der Waals surface area contributed by atoms with Crippen molar-refractivity contribution in [2.24, 2.45) is 0 Å². The Hall–Kier alpha value is -1.02. The van der Waals surface area contributed by atoms with Gasteiger partial charge in [0, 0.05) is 19.8 Å². The lowest BCUT2D eigenvalue weighted by Crippen LogP contribution is -1.93. The predicted octanol–water partition coefficient (Wildman–Crippen LogP) is 2.07. The molecule has 2 heteroatoms. The number of rotatable bonds is 5. The van der Waals surface area contributed by atoms with Gasteiger partial charge in [0.2, 0.25) is 0 Å². The molecular formula is C11H15O2. The van der Waals surface area contributed by atoms with E-state index in [0.29, 0.717) is 0 Å². The SMILES string of the molecule is COCCCc1cc[c]c(OC)c1. The molecule has 13 heavy (non-hydrogen) atoms. The van der Waals surface area contributed by atoms with Crippen molar-refractivity contribution in [3.8, 4) is 5.75 Å². The third-order valence-electron chi connectivity index (χ3n) is 1.87. The van der Waals surface area contributed by atoms with Crippen molar-refractivity contribution in [1.82, 2.24) is 0 Å². The highest BCUT2D eigenvalue weighted by Gasteiger charge is 1.95. The highest BCUT2D eigenvalue weighted by Crippen LogP contribution is 2.12. The Balaban J connectivity index is 2.46. The number of methoxy groups -OCH3 is 2. The van der Waals surface area contributed by atoms with Gasteiger partial charge >= 0.3 is 0 Å². The molecule has 0 aromatic heterocycles. The van der Waals surface area contributed by atoms with Crippen molar-refractivity contribution >= 4 is 0 Å². The van der Waals surface area contributed by atoms with Crippen molar-refractivity contribution in [1.29, 1.82) is 0 Å². The van der Waals surface area contributed by atoms with E-state index in [4.69, 9.17) is 9.47 Å². The summed E-state index contributed by atoms with van der Waals surface area (Å²) in [6.07, 6.45) is 2.07. The molecule has 0 atom stereocenters. The average molecular weight is 179 g/mol. The second-order valence-corrected chi connectivity index (χ2v) is 2.86. The Morgan fingerprint density at radius 2 is 2.23 bits per heavy atom. The van der Waals surface area contributed by atoms with E-state index < -0.39 is 0 Å². The van der Waals surface area contributed by atoms with E-state index in [1.54, 1.807) is 14.2 Å². The Morgan fingerprint density at radius 3 is 2.92 bits per heavy atom. The van der Waals surface area contributed by atoms with Crippen LogP contribution < -0.4 is 4.74 Å². The van der Waals surface area contributed by atoms with Crippen molar-refractivity contribution in [3.05, 3.63) is 29.8 Å². The van der Waals surface area contributed by atoms with E-state index in [-0.39, 0.29) is 0 Å². The van der Waals surface area contributed by atoms with Crippen molar-refractivity contribution in [3.63, 3.8) is 0 Å². The van der Waals surface area contributed by atoms with E-state index >= 15 is 0 Å². The Kier molecular flexibility index (Phi) is 4.33. The summed E-state index contributed by atoms with van der Waals surface area (Å²) < 4.78 is 10.1. The van der Waals surface area contributed by atoms with Gasteiger partial charge in [-0.25, -0.2) is 0 Å². The van der Waals surface area contributed by atoms with Crippen LogP contribution >= 0.6 is 0 Å². The molecule has 0 heterocycles. The fraction of sp³-hybridized carbons (Fsp3) is 0.455. The van der Waals surface area contributed by atoms with Gasteiger partial charge in [0.05, 0.1) is 7.11 Å². The maximum atomic E-state index is 5.07. The molecular weight excluding hydrogens is 164 g/mol. The molecule has 1 radical (unpaired) electrons. The first-order valence-corrected chi connectivity index (χ1v) is 4.40. The molecule has 0 N–H and O–H groups in total. The molecule has 0 fully saturated rings. The average Bonchev–Trinajstić information content (AvgIpc) is 2.19. The van der Waals surface area contributed by atoms with Crippen molar-refractivity contribution in [2.45, 2.75) is 12.8 Å². The number of ether oxygens (including phenoxy) is 2. The molecule has 71 valence electrons. The fourth-order valence-electron chi connectivity index (χ4n) is 1.18. The van der Waals surface area contributed by atoms with Crippen LogP contribution in [0.4, 0.5) is 0 Å². The molecule has 0 saturated carbocycles. The van der Waals surface area contributed by atoms with Crippen LogP contribution in [-0.4, -0.2) is 20.8 Å². The summed E-state index contributed by atoms with van der Waals surface area (Å²) in [5, 5.41) is 0. The van der Waals surface area contributed by atoms with Gasteiger partial charge in [0.25, 0.3) is 0 Å². The molecule has 0 unspecified atom stereocenters. The third kappa shape index (κ3) is 3.47. The predicted molar refractivity (Wildman–Crippen MR) is 52.0 cm³/mol. The van der Waals surface area contributed by atoms with Gasteiger partial charge in [0.1, 0.15) is 5.75 Å². The highest BCUT2D eigenvalue weighted by atomic mass is 16.5. The third-order valence-corrected chi connectivity index (χ3v) is 1.87. The lowest BCUT2D eigenvalue weighted by atomic mass is 10.1. The summed E-state index contributed by atoms with van der Waals surface area (Å²) in [6.45, 7) is 0.806. The lowest BCUT2D eigenvalue weighted by Gasteiger charge is -2.03. The standard InChI is InChI=1S/C11H15O2/c1-12-8-4-6-10-5-3-7-11(9-10)13-2/h3,5,9H,4,6,8H2,1-2H3. The van der Waals surface area contributed by atoms with Crippen LogP contribution in [0.25, 0.3) is 0 Å². The van der Waals surface area contributed by atoms with E-state index in [1.165, 1.54) is 5.56 Å². The molecule has 1 aromatic rings. The molecule has 1 rings (SSSR count). The molecule has 0 aliphatic carbocycles. The minimum absolute atomic E-state index is 0.801. The van der Waals surface area contributed by atoms with E-state index in [9.17, 15) is 0 Å².